The highest BCUT2D eigenvalue weighted by Crippen LogP contribution is 2.11. The number of hydrogen-bond donors (Lipinski definition) is 1. The first-order valence-electron chi connectivity index (χ1n) is 7.28. The Labute approximate surface area is 106 Å². The minimum absolute atomic E-state index is 0.231. The fourth-order valence-corrected chi connectivity index (χ4v) is 2.45. The predicted molar refractivity (Wildman–Crippen MR) is 72.0 cm³/mol. The molecule has 0 aromatic heterocycles. The van der Waals surface area contributed by atoms with Crippen LogP contribution in [0, 0.1) is 0 Å². The summed E-state index contributed by atoms with van der Waals surface area (Å²) in [7, 11) is 0. The Balaban J connectivity index is 2.34. The molecule has 0 aromatic carbocycles. The SMILES string of the molecule is CCCCN1CCCCC(NC(=O)CCC)C1. The highest BCUT2D eigenvalue weighted by molar-refractivity contribution is 5.76. The molecule has 100 valence electrons. The summed E-state index contributed by atoms with van der Waals surface area (Å²) in [5, 5.41) is 3.19. The van der Waals surface area contributed by atoms with E-state index in [0.29, 0.717) is 12.5 Å². The number of nitrogens with zero attached hydrogens (tertiary/aromatic N) is 1. The van der Waals surface area contributed by atoms with Crippen molar-refractivity contribution in [2.45, 2.75) is 64.8 Å². The van der Waals surface area contributed by atoms with Gasteiger partial charge in [-0.1, -0.05) is 26.7 Å². The van der Waals surface area contributed by atoms with Crippen LogP contribution in [0.2, 0.25) is 0 Å². The molecule has 1 N–H and O–H groups in total. The summed E-state index contributed by atoms with van der Waals surface area (Å²) >= 11 is 0. The van der Waals surface area contributed by atoms with Crippen LogP contribution in [0.15, 0.2) is 0 Å². The lowest BCUT2D eigenvalue weighted by Crippen LogP contribution is -2.42. The largest absolute Gasteiger partial charge is 0.352 e. The van der Waals surface area contributed by atoms with Gasteiger partial charge in [-0.05, 0) is 38.8 Å². The van der Waals surface area contributed by atoms with Gasteiger partial charge in [0.1, 0.15) is 0 Å². The Morgan fingerprint density at radius 1 is 1.29 bits per heavy atom. The van der Waals surface area contributed by atoms with Gasteiger partial charge < -0.3 is 10.2 Å². The lowest BCUT2D eigenvalue weighted by atomic mass is 10.1. The van der Waals surface area contributed by atoms with Gasteiger partial charge in [-0.25, -0.2) is 0 Å². The average molecular weight is 240 g/mol. The van der Waals surface area contributed by atoms with Crippen LogP contribution < -0.4 is 5.32 Å². The normalized spacial score (nSPS) is 22.1. The van der Waals surface area contributed by atoms with Gasteiger partial charge in [0.15, 0.2) is 0 Å². The van der Waals surface area contributed by atoms with E-state index in [4.69, 9.17) is 0 Å². The molecule has 0 bridgehead atoms. The molecular formula is C14H28N2O. The van der Waals surface area contributed by atoms with Crippen LogP contribution in [0.5, 0.6) is 0 Å². The molecule has 1 saturated heterocycles. The van der Waals surface area contributed by atoms with Gasteiger partial charge in [0.2, 0.25) is 5.91 Å². The Morgan fingerprint density at radius 3 is 2.82 bits per heavy atom. The fraction of sp³-hybridized carbons (Fsp3) is 0.929. The fourth-order valence-electron chi connectivity index (χ4n) is 2.45. The molecule has 3 heteroatoms. The van der Waals surface area contributed by atoms with Crippen molar-refractivity contribution in [2.75, 3.05) is 19.6 Å². The number of carbonyl (C=O) groups is 1. The number of unbranched alkanes of at least 4 members (excludes halogenated alkanes) is 1. The van der Waals surface area contributed by atoms with E-state index in [1.54, 1.807) is 0 Å². The number of nitrogens with one attached hydrogen (secondary N) is 1. The third-order valence-electron chi connectivity index (χ3n) is 3.43. The number of likely N-dealkylation sites (tertiary alicyclic amines) is 1. The van der Waals surface area contributed by atoms with Crippen LogP contribution in [0.3, 0.4) is 0 Å². The van der Waals surface area contributed by atoms with Gasteiger partial charge in [0.25, 0.3) is 0 Å². The average Bonchev–Trinajstić information content (AvgIpc) is 2.52. The second-order valence-electron chi connectivity index (χ2n) is 5.16. The molecule has 0 radical (unpaired) electrons. The zero-order valence-electron chi connectivity index (χ0n) is 11.5. The van der Waals surface area contributed by atoms with Gasteiger partial charge in [0.05, 0.1) is 0 Å². The molecule has 1 heterocycles. The zero-order chi connectivity index (χ0) is 12.5. The molecule has 1 amide bonds. The number of carbonyl (C=O) groups excluding carboxylic acids is 1. The van der Waals surface area contributed by atoms with Crippen LogP contribution in [-0.4, -0.2) is 36.5 Å². The van der Waals surface area contributed by atoms with Gasteiger partial charge in [-0.15, -0.1) is 0 Å². The molecule has 3 nitrogen and oxygen atoms in total. The summed E-state index contributed by atoms with van der Waals surface area (Å²) in [6.45, 7) is 7.74. The minimum atomic E-state index is 0.231. The molecule has 0 aromatic rings. The summed E-state index contributed by atoms with van der Waals surface area (Å²) < 4.78 is 0. The van der Waals surface area contributed by atoms with Crippen LogP contribution in [0.4, 0.5) is 0 Å². The van der Waals surface area contributed by atoms with Gasteiger partial charge in [0, 0.05) is 19.0 Å². The highest BCUT2D eigenvalue weighted by atomic mass is 16.1. The number of rotatable bonds is 6. The van der Waals surface area contributed by atoms with E-state index in [-0.39, 0.29) is 5.91 Å². The van der Waals surface area contributed by atoms with E-state index in [2.05, 4.69) is 24.1 Å². The topological polar surface area (TPSA) is 32.3 Å². The third kappa shape index (κ3) is 6.06. The Kier molecular flexibility index (Phi) is 7.25. The van der Waals surface area contributed by atoms with Gasteiger partial charge in [-0.3, -0.25) is 4.79 Å². The van der Waals surface area contributed by atoms with Crippen molar-refractivity contribution in [3.8, 4) is 0 Å². The quantitative estimate of drug-likeness (QED) is 0.774. The first kappa shape index (κ1) is 14.5. The van der Waals surface area contributed by atoms with E-state index in [1.807, 2.05) is 0 Å². The maximum atomic E-state index is 11.6. The molecule has 0 saturated carbocycles. The zero-order valence-corrected chi connectivity index (χ0v) is 11.5. The summed E-state index contributed by atoms with van der Waals surface area (Å²) in [4.78, 5) is 14.1. The molecule has 1 fully saturated rings. The molecule has 0 spiro atoms. The molecule has 1 aliphatic heterocycles. The van der Waals surface area contributed by atoms with Crippen LogP contribution in [0.1, 0.15) is 58.8 Å². The number of hydrogen-bond acceptors (Lipinski definition) is 2. The predicted octanol–water partition coefficient (Wildman–Crippen LogP) is 2.56. The van der Waals surface area contributed by atoms with Crippen LogP contribution >= 0.6 is 0 Å². The van der Waals surface area contributed by atoms with Gasteiger partial charge in [-0.2, -0.15) is 0 Å². The van der Waals surface area contributed by atoms with E-state index in [1.165, 1.54) is 38.8 Å². The lowest BCUT2D eigenvalue weighted by molar-refractivity contribution is -0.121. The lowest BCUT2D eigenvalue weighted by Gasteiger charge is -2.24. The van der Waals surface area contributed by atoms with Gasteiger partial charge >= 0.3 is 0 Å². The van der Waals surface area contributed by atoms with E-state index in [0.717, 1.165) is 19.4 Å². The minimum Gasteiger partial charge on any atom is -0.352 e. The number of amides is 1. The maximum absolute atomic E-state index is 11.6. The van der Waals surface area contributed by atoms with Crippen molar-refractivity contribution in [3.63, 3.8) is 0 Å². The maximum Gasteiger partial charge on any atom is 0.220 e. The molecule has 1 atom stereocenters. The van der Waals surface area contributed by atoms with E-state index < -0.39 is 0 Å². The van der Waals surface area contributed by atoms with E-state index in [9.17, 15) is 4.79 Å². The van der Waals surface area contributed by atoms with Crippen molar-refractivity contribution in [2.24, 2.45) is 0 Å². The summed E-state index contributed by atoms with van der Waals surface area (Å²) in [6.07, 6.45) is 7.82. The molecule has 1 aliphatic rings. The Hall–Kier alpha value is -0.570. The van der Waals surface area contributed by atoms with E-state index >= 15 is 0 Å². The van der Waals surface area contributed by atoms with Crippen molar-refractivity contribution in [1.82, 2.24) is 10.2 Å². The standard InChI is InChI=1S/C14H28N2O/c1-3-5-10-16-11-7-6-9-13(12-16)15-14(17)8-4-2/h13H,3-12H2,1-2H3,(H,15,17). The monoisotopic (exact) mass is 240 g/mol. The first-order valence-corrected chi connectivity index (χ1v) is 7.28. The summed E-state index contributed by atoms with van der Waals surface area (Å²) in [5.74, 6) is 0.231. The molecule has 0 aliphatic carbocycles. The van der Waals surface area contributed by atoms with Crippen LogP contribution in [0.25, 0.3) is 0 Å². The van der Waals surface area contributed by atoms with Crippen molar-refractivity contribution in [3.05, 3.63) is 0 Å². The third-order valence-corrected chi connectivity index (χ3v) is 3.43. The molecular weight excluding hydrogens is 212 g/mol. The Morgan fingerprint density at radius 2 is 2.12 bits per heavy atom. The second-order valence-corrected chi connectivity index (χ2v) is 5.16. The molecule has 1 unspecified atom stereocenters. The molecule has 1 rings (SSSR count). The first-order chi connectivity index (χ1) is 8.26. The Bertz CT molecular complexity index is 218. The smallest absolute Gasteiger partial charge is 0.220 e. The molecule has 17 heavy (non-hydrogen) atoms. The highest BCUT2D eigenvalue weighted by Gasteiger charge is 2.18. The second kappa shape index (κ2) is 8.51. The van der Waals surface area contributed by atoms with Crippen molar-refractivity contribution in [1.29, 1.82) is 0 Å². The van der Waals surface area contributed by atoms with Crippen molar-refractivity contribution < 1.29 is 4.79 Å². The summed E-state index contributed by atoms with van der Waals surface area (Å²) in [6, 6.07) is 0.383. The summed E-state index contributed by atoms with van der Waals surface area (Å²) in [5.41, 5.74) is 0. The van der Waals surface area contributed by atoms with Crippen molar-refractivity contribution >= 4 is 5.91 Å². The van der Waals surface area contributed by atoms with Crippen LogP contribution in [-0.2, 0) is 4.79 Å².